The van der Waals surface area contributed by atoms with Crippen LogP contribution in [0, 0.1) is 0 Å². The Morgan fingerprint density at radius 2 is 2.05 bits per heavy atom. The predicted molar refractivity (Wildman–Crippen MR) is 74.5 cm³/mol. The molecule has 5 heteroatoms. The van der Waals surface area contributed by atoms with Gasteiger partial charge < -0.3 is 14.6 Å². The highest BCUT2D eigenvalue weighted by atomic mass is 32.2. The van der Waals surface area contributed by atoms with Gasteiger partial charge in [-0.05, 0) is 36.8 Å². The van der Waals surface area contributed by atoms with Gasteiger partial charge in [0, 0.05) is 5.41 Å². The van der Waals surface area contributed by atoms with Gasteiger partial charge in [0.1, 0.15) is 0 Å². The molecule has 1 aromatic carbocycles. The fourth-order valence-corrected chi connectivity index (χ4v) is 3.01. The molecule has 1 N–H and O–H groups in total. The van der Waals surface area contributed by atoms with E-state index in [1.54, 1.807) is 26.0 Å². The number of rotatable bonds is 6. The molecule has 0 bridgehead atoms. The second-order valence-electron chi connectivity index (χ2n) is 4.76. The van der Waals surface area contributed by atoms with Gasteiger partial charge in [-0.3, -0.25) is 4.79 Å². The molecule has 0 aliphatic heterocycles. The maximum Gasteiger partial charge on any atom is 0.304 e. The Morgan fingerprint density at radius 1 is 1.37 bits per heavy atom. The molecule has 0 radical (unpaired) electrons. The van der Waals surface area contributed by atoms with E-state index in [9.17, 15) is 4.79 Å². The average Bonchev–Trinajstić information content (AvgIpc) is 3.16. The molecular formula is C14H18O4S. The lowest BCUT2D eigenvalue weighted by molar-refractivity contribution is -0.137. The van der Waals surface area contributed by atoms with Gasteiger partial charge >= 0.3 is 5.97 Å². The minimum atomic E-state index is -0.752. The van der Waals surface area contributed by atoms with Crippen LogP contribution in [0.15, 0.2) is 17.0 Å². The van der Waals surface area contributed by atoms with Gasteiger partial charge in [0.15, 0.2) is 11.5 Å². The van der Waals surface area contributed by atoms with Crippen molar-refractivity contribution in [2.24, 2.45) is 0 Å². The first-order valence-electron chi connectivity index (χ1n) is 6.08. The van der Waals surface area contributed by atoms with Gasteiger partial charge in [0.2, 0.25) is 0 Å². The van der Waals surface area contributed by atoms with E-state index in [4.69, 9.17) is 14.6 Å². The molecule has 0 amide bonds. The van der Waals surface area contributed by atoms with E-state index in [1.165, 1.54) is 0 Å². The summed E-state index contributed by atoms with van der Waals surface area (Å²) in [4.78, 5) is 12.0. The Hall–Kier alpha value is -1.36. The fourth-order valence-electron chi connectivity index (χ4n) is 2.40. The topological polar surface area (TPSA) is 55.8 Å². The number of aliphatic carboxylic acids is 1. The smallest absolute Gasteiger partial charge is 0.304 e. The van der Waals surface area contributed by atoms with Gasteiger partial charge in [-0.15, -0.1) is 11.8 Å². The first-order valence-corrected chi connectivity index (χ1v) is 7.31. The van der Waals surface area contributed by atoms with E-state index >= 15 is 0 Å². The van der Waals surface area contributed by atoms with Gasteiger partial charge in [-0.25, -0.2) is 0 Å². The summed E-state index contributed by atoms with van der Waals surface area (Å²) in [6.07, 6.45) is 3.99. The summed E-state index contributed by atoms with van der Waals surface area (Å²) in [7, 11) is 3.21. The standard InChI is InChI=1S/C14H18O4S/c1-17-10-6-9(7-11(19-3)13(10)18-2)14(4-5-14)8-12(15)16/h6-7H,4-5,8H2,1-3H3,(H,15,16). The number of hydrogen-bond donors (Lipinski definition) is 1. The predicted octanol–water partition coefficient (Wildman–Crippen LogP) is 2.93. The number of carboxylic acid groups (broad SMARTS) is 1. The number of methoxy groups -OCH3 is 2. The Morgan fingerprint density at radius 3 is 2.47 bits per heavy atom. The number of hydrogen-bond acceptors (Lipinski definition) is 4. The highest BCUT2D eigenvalue weighted by Crippen LogP contribution is 2.53. The molecule has 1 aliphatic rings. The van der Waals surface area contributed by atoms with Crippen molar-refractivity contribution in [3.05, 3.63) is 17.7 Å². The number of carboxylic acids is 1. The molecule has 0 atom stereocenters. The largest absolute Gasteiger partial charge is 0.493 e. The summed E-state index contributed by atoms with van der Waals surface area (Å²) in [6.45, 7) is 0. The summed E-state index contributed by atoms with van der Waals surface area (Å²) in [5.41, 5.74) is 0.826. The molecule has 0 aromatic heterocycles. The van der Waals surface area contributed by atoms with Crippen LogP contribution in [-0.4, -0.2) is 31.6 Å². The van der Waals surface area contributed by atoms with E-state index < -0.39 is 5.97 Å². The van der Waals surface area contributed by atoms with E-state index in [2.05, 4.69) is 0 Å². The minimum Gasteiger partial charge on any atom is -0.493 e. The van der Waals surface area contributed by atoms with E-state index in [0.717, 1.165) is 23.3 Å². The molecule has 1 aliphatic carbocycles. The summed E-state index contributed by atoms with van der Waals surface area (Å²) in [6, 6.07) is 3.94. The van der Waals surface area contributed by atoms with Crippen molar-refractivity contribution in [1.29, 1.82) is 0 Å². The SMILES string of the molecule is COc1cc(C2(CC(=O)O)CC2)cc(SC)c1OC. The minimum absolute atomic E-state index is 0.177. The molecule has 19 heavy (non-hydrogen) atoms. The van der Waals surface area contributed by atoms with Crippen LogP contribution in [0.3, 0.4) is 0 Å². The quantitative estimate of drug-likeness (QED) is 0.813. The van der Waals surface area contributed by atoms with E-state index in [0.29, 0.717) is 11.5 Å². The first-order chi connectivity index (χ1) is 9.06. The van der Waals surface area contributed by atoms with Crippen molar-refractivity contribution in [2.75, 3.05) is 20.5 Å². The van der Waals surface area contributed by atoms with E-state index in [-0.39, 0.29) is 11.8 Å². The molecule has 104 valence electrons. The summed E-state index contributed by atoms with van der Waals surface area (Å²) < 4.78 is 10.7. The first kappa shape index (κ1) is 14.1. The zero-order chi connectivity index (χ0) is 14.0. The lowest BCUT2D eigenvalue weighted by Gasteiger charge is -2.18. The zero-order valence-corrected chi connectivity index (χ0v) is 12.2. The average molecular weight is 282 g/mol. The second kappa shape index (κ2) is 5.33. The normalized spacial score (nSPS) is 15.9. The van der Waals surface area contributed by atoms with Crippen LogP contribution in [0.25, 0.3) is 0 Å². The van der Waals surface area contributed by atoms with Crippen LogP contribution < -0.4 is 9.47 Å². The molecule has 0 heterocycles. The Bertz CT molecular complexity index is 469. The highest BCUT2D eigenvalue weighted by molar-refractivity contribution is 7.98. The van der Waals surface area contributed by atoms with Crippen LogP contribution in [0.2, 0.25) is 0 Å². The third-order valence-corrected chi connectivity index (χ3v) is 4.36. The zero-order valence-electron chi connectivity index (χ0n) is 11.4. The van der Waals surface area contributed by atoms with E-state index in [1.807, 2.05) is 18.4 Å². The lowest BCUT2D eigenvalue weighted by atomic mass is 9.92. The van der Waals surface area contributed by atoms with Crippen LogP contribution >= 0.6 is 11.8 Å². The van der Waals surface area contributed by atoms with Crippen molar-refractivity contribution in [3.8, 4) is 11.5 Å². The Balaban J connectivity index is 2.45. The van der Waals surface area contributed by atoms with Crippen molar-refractivity contribution < 1.29 is 19.4 Å². The number of ether oxygens (including phenoxy) is 2. The molecule has 2 rings (SSSR count). The molecule has 0 saturated heterocycles. The fraction of sp³-hybridized carbons (Fsp3) is 0.500. The van der Waals surface area contributed by atoms with Crippen LogP contribution in [0.5, 0.6) is 11.5 Å². The molecule has 0 spiro atoms. The van der Waals surface area contributed by atoms with Gasteiger partial charge in [-0.2, -0.15) is 0 Å². The number of carbonyl (C=O) groups is 1. The van der Waals surface area contributed by atoms with Crippen LogP contribution in [-0.2, 0) is 10.2 Å². The third kappa shape index (κ3) is 2.66. The summed E-state index contributed by atoms with van der Waals surface area (Å²) in [5.74, 6) is 0.629. The summed E-state index contributed by atoms with van der Waals surface area (Å²) in [5, 5.41) is 9.04. The Labute approximate surface area is 117 Å². The third-order valence-electron chi connectivity index (χ3n) is 3.62. The lowest BCUT2D eigenvalue weighted by Crippen LogP contribution is -2.13. The molecule has 1 fully saturated rings. The van der Waals surface area contributed by atoms with Crippen LogP contribution in [0.1, 0.15) is 24.8 Å². The molecule has 0 unspecified atom stereocenters. The molecule has 1 aromatic rings. The molecule has 4 nitrogen and oxygen atoms in total. The maximum absolute atomic E-state index is 11.0. The van der Waals surface area contributed by atoms with Crippen molar-refractivity contribution in [2.45, 2.75) is 29.6 Å². The maximum atomic E-state index is 11.0. The molecular weight excluding hydrogens is 264 g/mol. The van der Waals surface area contributed by atoms with Crippen molar-refractivity contribution >= 4 is 17.7 Å². The van der Waals surface area contributed by atoms with Crippen molar-refractivity contribution in [1.82, 2.24) is 0 Å². The van der Waals surface area contributed by atoms with Crippen LogP contribution in [0.4, 0.5) is 0 Å². The monoisotopic (exact) mass is 282 g/mol. The van der Waals surface area contributed by atoms with Gasteiger partial charge in [0.25, 0.3) is 0 Å². The highest BCUT2D eigenvalue weighted by Gasteiger charge is 2.46. The van der Waals surface area contributed by atoms with Gasteiger partial charge in [-0.1, -0.05) is 0 Å². The van der Waals surface area contributed by atoms with Gasteiger partial charge in [0.05, 0.1) is 25.5 Å². The Kier molecular flexibility index (Phi) is 3.94. The number of benzene rings is 1. The van der Waals surface area contributed by atoms with Crippen molar-refractivity contribution in [3.63, 3.8) is 0 Å². The number of thioether (sulfide) groups is 1. The molecule has 1 saturated carbocycles. The second-order valence-corrected chi connectivity index (χ2v) is 5.61. The summed E-state index contributed by atoms with van der Waals surface area (Å²) >= 11 is 1.57.